The fourth-order valence-corrected chi connectivity index (χ4v) is 3.25. The zero-order valence-electron chi connectivity index (χ0n) is 12.8. The summed E-state index contributed by atoms with van der Waals surface area (Å²) in [5.41, 5.74) is 1.65. The number of aromatic nitrogens is 1. The molecule has 0 fully saturated rings. The van der Waals surface area contributed by atoms with E-state index >= 15 is 0 Å². The van der Waals surface area contributed by atoms with E-state index in [0.29, 0.717) is 39.4 Å². The highest BCUT2D eigenvalue weighted by molar-refractivity contribution is 9.12. The van der Waals surface area contributed by atoms with E-state index in [0.717, 1.165) is 5.56 Å². The van der Waals surface area contributed by atoms with E-state index in [1.807, 2.05) is 13.0 Å². The lowest BCUT2D eigenvalue weighted by molar-refractivity contribution is -0.114. The van der Waals surface area contributed by atoms with Gasteiger partial charge in [-0.15, -0.1) is 0 Å². The molecule has 0 aliphatic carbocycles. The van der Waals surface area contributed by atoms with Crippen LogP contribution in [0.4, 0.5) is 5.69 Å². The van der Waals surface area contributed by atoms with Gasteiger partial charge in [0.25, 0.3) is 5.91 Å². The van der Waals surface area contributed by atoms with Gasteiger partial charge in [0.2, 0.25) is 5.88 Å². The van der Waals surface area contributed by atoms with Crippen LogP contribution in [0.5, 0.6) is 5.88 Å². The number of fused-ring (bicyclic) bond motifs is 1. The predicted molar refractivity (Wildman–Crippen MR) is 97.0 cm³/mol. The Hall–Kier alpha value is -1.60. The summed E-state index contributed by atoms with van der Waals surface area (Å²) in [6, 6.07) is 1.89. The molecule has 2 heterocycles. The molecule has 2 rings (SSSR count). The topological polar surface area (TPSA) is 51.7 Å². The van der Waals surface area contributed by atoms with E-state index < -0.39 is 0 Å². The number of anilines is 1. The third-order valence-corrected chi connectivity index (χ3v) is 4.10. The molecule has 1 aromatic heterocycles. The number of hydrogen-bond donors (Lipinski definition) is 0. The second-order valence-electron chi connectivity index (χ2n) is 4.79. The molecule has 0 saturated carbocycles. The monoisotopic (exact) mass is 442 g/mol. The van der Waals surface area contributed by atoms with Crippen LogP contribution in [0.2, 0.25) is 0 Å². The van der Waals surface area contributed by atoms with Crippen molar-refractivity contribution in [3.05, 3.63) is 51.3 Å². The lowest BCUT2D eigenvalue weighted by Gasteiger charge is -2.28. The first-order valence-electron chi connectivity index (χ1n) is 6.81. The number of carbonyl (C=O) groups is 1. The zero-order chi connectivity index (χ0) is 17.0. The molecule has 5 nitrogen and oxygen atoms in total. The number of hydrogen-bond acceptors (Lipinski definition) is 4. The van der Waals surface area contributed by atoms with Gasteiger partial charge in [0.05, 0.1) is 22.6 Å². The number of pyridine rings is 1. The Morgan fingerprint density at radius 3 is 2.87 bits per heavy atom. The smallest absolute Gasteiger partial charge is 0.251 e. The molecule has 0 N–H and O–H groups in total. The summed E-state index contributed by atoms with van der Waals surface area (Å²) in [5.74, 6) is 0.841. The second-order valence-corrected chi connectivity index (χ2v) is 6.61. The van der Waals surface area contributed by atoms with Gasteiger partial charge in [0, 0.05) is 12.3 Å². The average molecular weight is 444 g/mol. The molecule has 1 aromatic rings. The minimum atomic E-state index is -0.158. The van der Waals surface area contributed by atoms with Crippen LogP contribution in [0, 0.1) is 6.92 Å². The molecule has 0 aromatic carbocycles. The largest absolute Gasteiger partial charge is 0.494 e. The number of aryl methyl sites for hydroxylation is 1. The number of rotatable bonds is 4. The highest BCUT2D eigenvalue weighted by Gasteiger charge is 2.23. The first-order valence-corrected chi connectivity index (χ1v) is 8.40. The summed E-state index contributed by atoms with van der Waals surface area (Å²) in [4.78, 5) is 18.4. The number of halogens is 2. The second kappa shape index (κ2) is 7.79. The van der Waals surface area contributed by atoms with Gasteiger partial charge in [-0.3, -0.25) is 4.79 Å². The standard InChI is InChI=1S/C16H16Br2N2O3/c1-10-8-13-16(19-9-10)23-7-6-20(13)14(21)5-4-12(18)15(22-3)11(2)17/h4-5,8-9H,2,6-7H2,1,3H3/b5-4+,15-12-. The Balaban J connectivity index is 2.25. The van der Waals surface area contributed by atoms with Crippen LogP contribution in [0.1, 0.15) is 5.56 Å². The van der Waals surface area contributed by atoms with Crippen molar-refractivity contribution in [2.24, 2.45) is 0 Å². The number of methoxy groups -OCH3 is 1. The number of amides is 1. The molecule has 0 radical (unpaired) electrons. The van der Waals surface area contributed by atoms with Crippen LogP contribution in [0.25, 0.3) is 0 Å². The van der Waals surface area contributed by atoms with Gasteiger partial charge in [-0.1, -0.05) is 6.58 Å². The van der Waals surface area contributed by atoms with Crippen molar-refractivity contribution < 1.29 is 14.3 Å². The number of carbonyl (C=O) groups excluding carboxylic acids is 1. The van der Waals surface area contributed by atoms with Gasteiger partial charge in [-0.25, -0.2) is 4.98 Å². The molecule has 1 aliphatic rings. The van der Waals surface area contributed by atoms with Crippen LogP contribution in [0.3, 0.4) is 0 Å². The third-order valence-electron chi connectivity index (χ3n) is 3.12. The van der Waals surface area contributed by atoms with Crippen LogP contribution in [-0.2, 0) is 9.53 Å². The van der Waals surface area contributed by atoms with Crippen molar-refractivity contribution >= 4 is 43.5 Å². The molecular weight excluding hydrogens is 428 g/mol. The fourth-order valence-electron chi connectivity index (χ4n) is 2.08. The molecule has 0 atom stereocenters. The van der Waals surface area contributed by atoms with E-state index in [9.17, 15) is 4.79 Å². The highest BCUT2D eigenvalue weighted by atomic mass is 79.9. The summed E-state index contributed by atoms with van der Waals surface area (Å²) in [6.45, 7) is 6.57. The van der Waals surface area contributed by atoms with Crippen LogP contribution < -0.4 is 9.64 Å². The lowest BCUT2D eigenvalue weighted by Crippen LogP contribution is -2.37. The van der Waals surface area contributed by atoms with Crippen molar-refractivity contribution in [3.8, 4) is 5.88 Å². The first-order chi connectivity index (χ1) is 10.9. The SMILES string of the molecule is C=C(Br)/C(OC)=C(Br)\C=C\C(=O)N1CCOc2ncc(C)cc21. The highest BCUT2D eigenvalue weighted by Crippen LogP contribution is 2.30. The Morgan fingerprint density at radius 2 is 2.22 bits per heavy atom. The number of ether oxygens (including phenoxy) is 2. The minimum absolute atomic E-state index is 0.158. The quantitative estimate of drug-likeness (QED) is 0.403. The van der Waals surface area contributed by atoms with E-state index in [4.69, 9.17) is 9.47 Å². The molecule has 1 amide bonds. The predicted octanol–water partition coefficient (Wildman–Crippen LogP) is 3.83. The molecule has 7 heteroatoms. The molecule has 0 saturated heterocycles. The fraction of sp³-hybridized carbons (Fsp3) is 0.250. The minimum Gasteiger partial charge on any atom is -0.494 e. The zero-order valence-corrected chi connectivity index (χ0v) is 16.0. The molecule has 0 spiro atoms. The van der Waals surface area contributed by atoms with E-state index in [-0.39, 0.29) is 5.91 Å². The van der Waals surface area contributed by atoms with Crippen LogP contribution >= 0.6 is 31.9 Å². The van der Waals surface area contributed by atoms with E-state index in [1.165, 1.54) is 13.2 Å². The lowest BCUT2D eigenvalue weighted by atomic mass is 10.2. The van der Waals surface area contributed by atoms with E-state index in [1.54, 1.807) is 17.2 Å². The first kappa shape index (κ1) is 17.7. The Bertz CT molecular complexity index is 699. The number of allylic oxidation sites excluding steroid dienone is 3. The number of nitrogens with zero attached hydrogens (tertiary/aromatic N) is 2. The normalized spacial score (nSPS) is 14.9. The maximum atomic E-state index is 12.5. The van der Waals surface area contributed by atoms with Crippen molar-refractivity contribution in [3.63, 3.8) is 0 Å². The maximum absolute atomic E-state index is 12.5. The molecule has 0 bridgehead atoms. The Morgan fingerprint density at radius 1 is 1.48 bits per heavy atom. The average Bonchev–Trinajstić information content (AvgIpc) is 2.52. The summed E-state index contributed by atoms with van der Waals surface area (Å²) < 4.78 is 11.9. The van der Waals surface area contributed by atoms with Crippen molar-refractivity contribution in [2.45, 2.75) is 6.92 Å². The van der Waals surface area contributed by atoms with Gasteiger partial charge in [0.15, 0.2) is 0 Å². The molecule has 122 valence electrons. The summed E-state index contributed by atoms with van der Waals surface area (Å²) in [5, 5.41) is 0. The van der Waals surface area contributed by atoms with Gasteiger partial charge in [0.1, 0.15) is 18.1 Å². The Labute approximate surface area is 151 Å². The Kier molecular flexibility index (Phi) is 6.01. The van der Waals surface area contributed by atoms with E-state index in [2.05, 4.69) is 43.4 Å². The van der Waals surface area contributed by atoms with Crippen molar-refractivity contribution in [2.75, 3.05) is 25.2 Å². The summed E-state index contributed by atoms with van der Waals surface area (Å²) in [7, 11) is 1.53. The van der Waals surface area contributed by atoms with Crippen LogP contribution in [0.15, 0.2) is 45.7 Å². The van der Waals surface area contributed by atoms with Gasteiger partial charge >= 0.3 is 0 Å². The molecule has 0 unspecified atom stereocenters. The van der Waals surface area contributed by atoms with Crippen LogP contribution in [-0.4, -0.2) is 31.2 Å². The summed E-state index contributed by atoms with van der Waals surface area (Å²) in [6.07, 6.45) is 4.82. The molecule has 1 aliphatic heterocycles. The molecular formula is C16H16Br2N2O3. The molecule has 23 heavy (non-hydrogen) atoms. The van der Waals surface area contributed by atoms with Crippen molar-refractivity contribution in [1.82, 2.24) is 4.98 Å². The summed E-state index contributed by atoms with van der Waals surface area (Å²) >= 11 is 6.62. The third kappa shape index (κ3) is 4.23. The van der Waals surface area contributed by atoms with Gasteiger partial charge in [-0.2, -0.15) is 0 Å². The van der Waals surface area contributed by atoms with Crippen molar-refractivity contribution in [1.29, 1.82) is 0 Å². The van der Waals surface area contributed by atoms with Gasteiger partial charge < -0.3 is 14.4 Å². The van der Waals surface area contributed by atoms with Gasteiger partial charge in [-0.05, 0) is 56.5 Å². The maximum Gasteiger partial charge on any atom is 0.251 e.